The molecule has 6 heteroatoms. The molecule has 0 spiro atoms. The minimum Gasteiger partial charge on any atom is -0.496 e. The Balaban J connectivity index is 1.91. The predicted molar refractivity (Wildman–Crippen MR) is 109 cm³/mol. The molecule has 2 aromatic rings. The lowest BCUT2D eigenvalue weighted by atomic mass is 9.93. The number of nitrogens with zero attached hydrogens (tertiary/aromatic N) is 1. The van der Waals surface area contributed by atoms with Gasteiger partial charge in [0.15, 0.2) is 0 Å². The highest BCUT2D eigenvalue weighted by Crippen LogP contribution is 2.38. The van der Waals surface area contributed by atoms with Gasteiger partial charge in [-0.1, -0.05) is 18.2 Å². The number of ether oxygens (including phenoxy) is 2. The highest BCUT2D eigenvalue weighted by molar-refractivity contribution is 6.06. The lowest BCUT2D eigenvalue weighted by molar-refractivity contribution is -0.127. The minimum absolute atomic E-state index is 0.0306. The first-order chi connectivity index (χ1) is 13.4. The van der Waals surface area contributed by atoms with Crippen molar-refractivity contribution in [2.24, 2.45) is 5.41 Å². The summed E-state index contributed by atoms with van der Waals surface area (Å²) in [6.07, 6.45) is 1.68. The van der Waals surface area contributed by atoms with Gasteiger partial charge >= 0.3 is 0 Å². The predicted octanol–water partition coefficient (Wildman–Crippen LogP) is 3.89. The van der Waals surface area contributed by atoms with E-state index in [0.717, 1.165) is 0 Å². The van der Waals surface area contributed by atoms with Crippen LogP contribution in [0.4, 0.5) is 11.4 Å². The van der Waals surface area contributed by atoms with Crippen LogP contribution in [-0.4, -0.2) is 32.1 Å². The fourth-order valence-corrected chi connectivity index (χ4v) is 3.07. The van der Waals surface area contributed by atoms with Crippen LogP contribution in [0.5, 0.6) is 11.5 Å². The number of para-hydroxylation sites is 1. The highest BCUT2D eigenvalue weighted by atomic mass is 16.5. The molecular formula is C22H24N2O4. The van der Waals surface area contributed by atoms with Gasteiger partial charge < -0.3 is 19.7 Å². The van der Waals surface area contributed by atoms with Crippen molar-refractivity contribution in [1.29, 1.82) is 0 Å². The van der Waals surface area contributed by atoms with Gasteiger partial charge in [0, 0.05) is 18.3 Å². The number of amides is 2. The molecule has 0 radical (unpaired) electrons. The second-order valence-corrected chi connectivity index (χ2v) is 7.21. The van der Waals surface area contributed by atoms with E-state index in [-0.39, 0.29) is 18.4 Å². The first kappa shape index (κ1) is 19.5. The number of benzene rings is 2. The Kier molecular flexibility index (Phi) is 5.40. The van der Waals surface area contributed by atoms with Crippen LogP contribution in [0.1, 0.15) is 24.2 Å². The molecular weight excluding hydrogens is 356 g/mol. The largest absolute Gasteiger partial charge is 0.496 e. The van der Waals surface area contributed by atoms with Crippen LogP contribution < -0.4 is 19.7 Å². The summed E-state index contributed by atoms with van der Waals surface area (Å²) in [4.78, 5) is 27.1. The van der Waals surface area contributed by atoms with Gasteiger partial charge in [-0.05, 0) is 38.1 Å². The van der Waals surface area contributed by atoms with Crippen molar-refractivity contribution in [2.45, 2.75) is 13.8 Å². The topological polar surface area (TPSA) is 67.9 Å². The van der Waals surface area contributed by atoms with Gasteiger partial charge in [-0.25, -0.2) is 0 Å². The minimum atomic E-state index is -0.664. The first-order valence-corrected chi connectivity index (χ1v) is 9.01. The molecule has 1 heterocycles. The Morgan fingerprint density at radius 2 is 2.07 bits per heavy atom. The van der Waals surface area contributed by atoms with Crippen LogP contribution in [0.25, 0.3) is 0 Å². The maximum Gasteiger partial charge on any atom is 0.259 e. The van der Waals surface area contributed by atoms with E-state index in [9.17, 15) is 9.59 Å². The molecule has 146 valence electrons. The van der Waals surface area contributed by atoms with Crippen LogP contribution >= 0.6 is 0 Å². The highest BCUT2D eigenvalue weighted by Gasteiger charge is 2.37. The zero-order chi connectivity index (χ0) is 20.3. The SMILES string of the molecule is C=CCN1C(=O)C(C)(C)COc2cc(NC(=O)c3ccccc3OC)ccc21. The molecule has 0 aliphatic carbocycles. The molecule has 0 aromatic heterocycles. The molecule has 0 atom stereocenters. The summed E-state index contributed by atoms with van der Waals surface area (Å²) in [7, 11) is 1.52. The number of nitrogens with one attached hydrogen (secondary N) is 1. The molecule has 6 nitrogen and oxygen atoms in total. The number of hydrogen-bond acceptors (Lipinski definition) is 4. The maximum atomic E-state index is 12.9. The van der Waals surface area contributed by atoms with Crippen molar-refractivity contribution in [3.05, 3.63) is 60.7 Å². The van der Waals surface area contributed by atoms with Gasteiger partial charge in [0.25, 0.3) is 5.91 Å². The lowest BCUT2D eigenvalue weighted by Gasteiger charge is -2.27. The fraction of sp³-hybridized carbons (Fsp3) is 0.273. The van der Waals surface area contributed by atoms with E-state index in [1.54, 1.807) is 53.4 Å². The Labute approximate surface area is 164 Å². The molecule has 1 N–H and O–H groups in total. The average molecular weight is 380 g/mol. The normalized spacial score (nSPS) is 15.1. The summed E-state index contributed by atoms with van der Waals surface area (Å²) < 4.78 is 11.2. The molecule has 0 saturated carbocycles. The zero-order valence-corrected chi connectivity index (χ0v) is 16.3. The van der Waals surface area contributed by atoms with Gasteiger partial charge in [0.1, 0.15) is 18.1 Å². The van der Waals surface area contributed by atoms with E-state index in [4.69, 9.17) is 9.47 Å². The summed E-state index contributed by atoms with van der Waals surface area (Å²) in [5.41, 5.74) is 1.000. The van der Waals surface area contributed by atoms with Crippen LogP contribution in [0.2, 0.25) is 0 Å². The molecule has 0 saturated heterocycles. The smallest absolute Gasteiger partial charge is 0.259 e. The van der Waals surface area contributed by atoms with E-state index in [1.807, 2.05) is 13.8 Å². The lowest BCUT2D eigenvalue weighted by Crippen LogP contribution is -2.42. The second kappa shape index (κ2) is 7.76. The second-order valence-electron chi connectivity index (χ2n) is 7.21. The Bertz CT molecular complexity index is 921. The van der Waals surface area contributed by atoms with Crippen molar-refractivity contribution in [2.75, 3.05) is 30.5 Å². The van der Waals surface area contributed by atoms with Crippen molar-refractivity contribution in [3.63, 3.8) is 0 Å². The molecule has 0 bridgehead atoms. The van der Waals surface area contributed by atoms with Crippen LogP contribution in [0.3, 0.4) is 0 Å². The number of carbonyl (C=O) groups is 2. The summed E-state index contributed by atoms with van der Waals surface area (Å²) in [6.45, 7) is 8.07. The molecule has 1 aliphatic heterocycles. The van der Waals surface area contributed by atoms with Gasteiger partial charge in [0.05, 0.1) is 23.8 Å². The number of anilines is 2. The number of fused-ring (bicyclic) bond motifs is 1. The Morgan fingerprint density at radius 1 is 1.32 bits per heavy atom. The van der Waals surface area contributed by atoms with Crippen LogP contribution in [-0.2, 0) is 4.79 Å². The third kappa shape index (κ3) is 3.71. The monoisotopic (exact) mass is 380 g/mol. The van der Waals surface area contributed by atoms with Gasteiger partial charge in [-0.2, -0.15) is 0 Å². The van der Waals surface area contributed by atoms with Crippen LogP contribution in [0, 0.1) is 5.41 Å². The molecule has 1 aliphatic rings. The Morgan fingerprint density at radius 3 is 2.79 bits per heavy atom. The summed E-state index contributed by atoms with van der Waals surface area (Å²) in [5, 5.41) is 2.86. The number of hydrogen-bond donors (Lipinski definition) is 1. The summed E-state index contributed by atoms with van der Waals surface area (Å²) in [5.74, 6) is 0.719. The number of methoxy groups -OCH3 is 1. The standard InChI is InChI=1S/C22H24N2O4/c1-5-12-24-17-11-10-15(13-19(17)28-14-22(2,3)21(24)26)23-20(25)16-8-6-7-9-18(16)27-4/h5-11,13H,1,12,14H2,2-4H3,(H,23,25). The number of rotatable bonds is 5. The third-order valence-corrected chi connectivity index (χ3v) is 4.58. The van der Waals surface area contributed by atoms with Crippen LogP contribution in [0.15, 0.2) is 55.1 Å². The van der Waals surface area contributed by atoms with Gasteiger partial charge in [-0.15, -0.1) is 6.58 Å². The van der Waals surface area contributed by atoms with E-state index < -0.39 is 5.41 Å². The van der Waals surface area contributed by atoms with Crippen molar-refractivity contribution < 1.29 is 19.1 Å². The quantitative estimate of drug-likeness (QED) is 0.799. The Hall–Kier alpha value is -3.28. The maximum absolute atomic E-state index is 12.9. The van der Waals surface area contributed by atoms with E-state index in [0.29, 0.717) is 35.0 Å². The first-order valence-electron chi connectivity index (χ1n) is 9.01. The van der Waals surface area contributed by atoms with Gasteiger partial charge in [-0.3, -0.25) is 9.59 Å². The average Bonchev–Trinajstić information content (AvgIpc) is 2.78. The van der Waals surface area contributed by atoms with Crippen molar-refractivity contribution >= 4 is 23.2 Å². The molecule has 0 fully saturated rings. The van der Waals surface area contributed by atoms with E-state index in [1.165, 1.54) is 7.11 Å². The molecule has 2 aromatic carbocycles. The zero-order valence-electron chi connectivity index (χ0n) is 16.3. The van der Waals surface area contributed by atoms with Crippen molar-refractivity contribution in [1.82, 2.24) is 0 Å². The molecule has 28 heavy (non-hydrogen) atoms. The summed E-state index contributed by atoms with van der Waals surface area (Å²) >= 11 is 0. The molecule has 0 unspecified atom stereocenters. The molecule has 2 amide bonds. The number of carbonyl (C=O) groups excluding carboxylic acids is 2. The van der Waals surface area contributed by atoms with E-state index in [2.05, 4.69) is 11.9 Å². The third-order valence-electron chi connectivity index (χ3n) is 4.58. The molecule has 3 rings (SSSR count). The fourth-order valence-electron chi connectivity index (χ4n) is 3.07. The van der Waals surface area contributed by atoms with Gasteiger partial charge in [0.2, 0.25) is 5.91 Å². The van der Waals surface area contributed by atoms with E-state index >= 15 is 0 Å². The summed E-state index contributed by atoms with van der Waals surface area (Å²) in [6, 6.07) is 12.3. The van der Waals surface area contributed by atoms with Crippen molar-refractivity contribution in [3.8, 4) is 11.5 Å².